The van der Waals surface area contributed by atoms with Gasteiger partial charge in [0, 0.05) is 12.3 Å². The van der Waals surface area contributed by atoms with E-state index in [1.54, 1.807) is 0 Å². The van der Waals surface area contributed by atoms with Crippen LogP contribution in [0.15, 0.2) is 0 Å². The highest BCUT2D eigenvalue weighted by molar-refractivity contribution is 5.85. The molecule has 3 aliphatic rings. The molecule has 4 bridgehead atoms. The summed E-state index contributed by atoms with van der Waals surface area (Å²) < 4.78 is 0. The summed E-state index contributed by atoms with van der Waals surface area (Å²) in [5, 5.41) is 9.88. The van der Waals surface area contributed by atoms with E-state index < -0.39 is 0 Å². The minimum Gasteiger partial charge on any atom is -0.393 e. The highest BCUT2D eigenvalue weighted by atomic mass is 16.3. The second-order valence-electron chi connectivity index (χ2n) is 5.63. The first-order valence-electron chi connectivity index (χ1n) is 5.87. The zero-order valence-corrected chi connectivity index (χ0v) is 8.65. The molecule has 0 amide bonds. The number of hydrogen-bond acceptors (Lipinski definition) is 2. The molecule has 3 saturated carbocycles. The number of rotatable bonds is 0. The first-order chi connectivity index (χ1) is 6.66. The molecular formula is C12H18O2. The summed E-state index contributed by atoms with van der Waals surface area (Å²) >= 11 is 0. The second-order valence-corrected chi connectivity index (χ2v) is 5.63. The summed E-state index contributed by atoms with van der Waals surface area (Å²) in [6, 6.07) is 0. The van der Waals surface area contributed by atoms with Gasteiger partial charge in [0.15, 0.2) is 0 Å². The van der Waals surface area contributed by atoms with Crippen LogP contribution in [-0.2, 0) is 4.79 Å². The van der Waals surface area contributed by atoms with Crippen LogP contribution in [-0.4, -0.2) is 17.0 Å². The maximum atomic E-state index is 11.7. The van der Waals surface area contributed by atoms with Gasteiger partial charge < -0.3 is 5.11 Å². The Morgan fingerprint density at radius 1 is 1.21 bits per heavy atom. The predicted molar refractivity (Wildman–Crippen MR) is 52.6 cm³/mol. The molecule has 2 nitrogen and oxygen atoms in total. The first kappa shape index (κ1) is 8.90. The lowest BCUT2D eigenvalue weighted by Gasteiger charge is -2.25. The van der Waals surface area contributed by atoms with Crippen molar-refractivity contribution in [3.8, 4) is 0 Å². The molecule has 0 heterocycles. The number of hydrogen-bond donors (Lipinski definition) is 1. The van der Waals surface area contributed by atoms with Gasteiger partial charge in [-0.25, -0.2) is 0 Å². The summed E-state index contributed by atoms with van der Waals surface area (Å²) in [5.41, 5.74) is 0. The van der Waals surface area contributed by atoms with Gasteiger partial charge in [-0.1, -0.05) is 6.92 Å². The lowest BCUT2D eigenvalue weighted by molar-refractivity contribution is -0.123. The number of ketones is 1. The number of carbonyl (C=O) groups is 1. The Labute approximate surface area is 84.7 Å². The van der Waals surface area contributed by atoms with Crippen LogP contribution in [0.3, 0.4) is 0 Å². The van der Waals surface area contributed by atoms with E-state index in [4.69, 9.17) is 0 Å². The molecule has 78 valence electrons. The quantitative estimate of drug-likeness (QED) is 0.636. The summed E-state index contributed by atoms with van der Waals surface area (Å²) in [5.74, 6) is 3.05. The molecule has 1 N–H and O–H groups in total. The third kappa shape index (κ3) is 1.04. The Bertz CT molecular complexity index is 273. The first-order valence-corrected chi connectivity index (χ1v) is 5.87. The molecule has 6 atom stereocenters. The van der Waals surface area contributed by atoms with Crippen molar-refractivity contribution in [3.05, 3.63) is 0 Å². The van der Waals surface area contributed by atoms with Crippen molar-refractivity contribution in [1.82, 2.24) is 0 Å². The third-order valence-electron chi connectivity index (χ3n) is 4.86. The van der Waals surface area contributed by atoms with E-state index in [0.717, 1.165) is 19.3 Å². The molecule has 3 aliphatic carbocycles. The van der Waals surface area contributed by atoms with Crippen molar-refractivity contribution in [2.24, 2.45) is 29.6 Å². The summed E-state index contributed by atoms with van der Waals surface area (Å²) in [6.07, 6.45) is 3.86. The summed E-state index contributed by atoms with van der Waals surface area (Å²) in [6.45, 7) is 2.13. The van der Waals surface area contributed by atoms with Gasteiger partial charge in [0.25, 0.3) is 0 Å². The van der Waals surface area contributed by atoms with Crippen molar-refractivity contribution in [3.63, 3.8) is 0 Å². The molecule has 0 spiro atoms. The molecule has 0 aromatic heterocycles. The van der Waals surface area contributed by atoms with Gasteiger partial charge in [-0.2, -0.15) is 0 Å². The molecule has 3 fully saturated rings. The molecule has 0 radical (unpaired) electrons. The van der Waals surface area contributed by atoms with Gasteiger partial charge >= 0.3 is 0 Å². The lowest BCUT2D eigenvalue weighted by Crippen LogP contribution is -2.25. The predicted octanol–water partition coefficient (Wildman–Crippen LogP) is 1.62. The fraction of sp³-hybridized carbons (Fsp3) is 0.917. The lowest BCUT2D eigenvalue weighted by atomic mass is 9.82. The molecular weight excluding hydrogens is 176 g/mol. The van der Waals surface area contributed by atoms with Crippen molar-refractivity contribution in [2.45, 2.75) is 38.7 Å². The Morgan fingerprint density at radius 2 is 2.00 bits per heavy atom. The molecule has 0 aliphatic heterocycles. The maximum Gasteiger partial charge on any atom is 0.136 e. The van der Waals surface area contributed by atoms with E-state index in [-0.39, 0.29) is 6.10 Å². The van der Waals surface area contributed by atoms with Gasteiger partial charge in [0.05, 0.1) is 6.10 Å². The zero-order valence-electron chi connectivity index (χ0n) is 8.65. The number of aliphatic hydroxyl groups is 1. The molecule has 3 rings (SSSR count). The molecule has 0 aromatic carbocycles. The number of aliphatic hydroxyl groups excluding tert-OH is 1. The van der Waals surface area contributed by atoms with Crippen LogP contribution in [0.25, 0.3) is 0 Å². The van der Waals surface area contributed by atoms with Gasteiger partial charge in [0.2, 0.25) is 0 Å². The standard InChI is InChI=1S/C12H18O2/c1-6-2-9-7-3-8(5-10(6)13)12(9)11(14)4-7/h6-10,12-13H,2-5H2,1H3/t6-,7-,8-,9+,10-,12-/m0/s1. The molecule has 2 heteroatoms. The van der Waals surface area contributed by atoms with Gasteiger partial charge in [-0.05, 0) is 42.9 Å². The average Bonchev–Trinajstić information content (AvgIpc) is 2.52. The van der Waals surface area contributed by atoms with Crippen LogP contribution in [0.4, 0.5) is 0 Å². The fourth-order valence-electron chi connectivity index (χ4n) is 4.19. The Balaban J connectivity index is 1.91. The molecule has 0 aromatic rings. The van der Waals surface area contributed by atoms with Crippen LogP contribution in [0, 0.1) is 29.6 Å². The van der Waals surface area contributed by atoms with Crippen LogP contribution < -0.4 is 0 Å². The number of carbonyl (C=O) groups excluding carboxylic acids is 1. The number of Topliss-reactive ketones (excluding diaryl/α,β-unsaturated/α-hetero) is 1. The second kappa shape index (κ2) is 2.82. The van der Waals surface area contributed by atoms with Crippen LogP contribution in [0.1, 0.15) is 32.6 Å². The van der Waals surface area contributed by atoms with Crippen LogP contribution in [0.5, 0.6) is 0 Å². The average molecular weight is 194 g/mol. The molecule has 14 heavy (non-hydrogen) atoms. The van der Waals surface area contributed by atoms with Crippen molar-refractivity contribution in [1.29, 1.82) is 0 Å². The van der Waals surface area contributed by atoms with E-state index >= 15 is 0 Å². The van der Waals surface area contributed by atoms with Crippen molar-refractivity contribution < 1.29 is 9.90 Å². The van der Waals surface area contributed by atoms with E-state index in [1.807, 2.05) is 0 Å². The largest absolute Gasteiger partial charge is 0.393 e. The van der Waals surface area contributed by atoms with E-state index in [9.17, 15) is 9.90 Å². The minimum absolute atomic E-state index is 0.153. The topological polar surface area (TPSA) is 37.3 Å². The van der Waals surface area contributed by atoms with E-state index in [0.29, 0.717) is 35.4 Å². The SMILES string of the molecule is C[C@H]1C[C@@H]2[C@@H]3CC(=O)[C@H]2[C@@H](C3)C[C@@H]1O. The maximum absolute atomic E-state index is 11.7. The van der Waals surface area contributed by atoms with Crippen molar-refractivity contribution in [2.75, 3.05) is 0 Å². The zero-order chi connectivity index (χ0) is 9.87. The summed E-state index contributed by atoms with van der Waals surface area (Å²) in [4.78, 5) is 11.7. The summed E-state index contributed by atoms with van der Waals surface area (Å²) in [7, 11) is 0. The minimum atomic E-state index is -0.153. The highest BCUT2D eigenvalue weighted by Gasteiger charge is 2.55. The molecule has 0 unspecified atom stereocenters. The normalized spacial score (nSPS) is 56.3. The van der Waals surface area contributed by atoms with Crippen LogP contribution in [0.2, 0.25) is 0 Å². The van der Waals surface area contributed by atoms with E-state index in [2.05, 4.69) is 6.92 Å². The monoisotopic (exact) mass is 194 g/mol. The third-order valence-corrected chi connectivity index (χ3v) is 4.86. The van der Waals surface area contributed by atoms with Gasteiger partial charge in [0.1, 0.15) is 5.78 Å². The molecule has 0 saturated heterocycles. The smallest absolute Gasteiger partial charge is 0.136 e. The van der Waals surface area contributed by atoms with Gasteiger partial charge in [-0.3, -0.25) is 4.79 Å². The Hall–Kier alpha value is -0.370. The van der Waals surface area contributed by atoms with Gasteiger partial charge in [-0.15, -0.1) is 0 Å². The Morgan fingerprint density at radius 3 is 2.79 bits per heavy atom. The fourth-order valence-corrected chi connectivity index (χ4v) is 4.19. The Kier molecular flexibility index (Phi) is 1.79. The van der Waals surface area contributed by atoms with E-state index in [1.165, 1.54) is 6.42 Å². The van der Waals surface area contributed by atoms with Crippen molar-refractivity contribution >= 4 is 5.78 Å². The van der Waals surface area contributed by atoms with Crippen LogP contribution >= 0.6 is 0 Å². The highest BCUT2D eigenvalue weighted by Crippen LogP contribution is 2.56.